The van der Waals surface area contributed by atoms with Crippen molar-refractivity contribution >= 4 is 11.8 Å². The SMILES string of the molecule is Cc1nc(-n2cnc(CC(N)C(=O)O)c2)ncc1-c1ccc(C(=N)N)cc1. The molecule has 27 heavy (non-hydrogen) atoms. The molecule has 0 aliphatic rings. The number of hydrogen-bond acceptors (Lipinski definition) is 6. The molecule has 0 saturated carbocycles. The van der Waals surface area contributed by atoms with Crippen molar-refractivity contribution in [3.05, 3.63) is 59.9 Å². The molecular weight excluding hydrogens is 346 g/mol. The fraction of sp³-hybridized carbons (Fsp3) is 0.167. The smallest absolute Gasteiger partial charge is 0.320 e. The highest BCUT2D eigenvalue weighted by molar-refractivity contribution is 5.95. The molecule has 9 heteroatoms. The van der Waals surface area contributed by atoms with Gasteiger partial charge in [-0.1, -0.05) is 24.3 Å². The number of nitrogen functional groups attached to an aromatic ring is 1. The van der Waals surface area contributed by atoms with Crippen molar-refractivity contribution in [1.29, 1.82) is 5.41 Å². The Morgan fingerprint density at radius 1 is 1.30 bits per heavy atom. The first kappa shape index (κ1) is 18.2. The number of aromatic nitrogens is 4. The van der Waals surface area contributed by atoms with E-state index in [9.17, 15) is 4.79 Å². The van der Waals surface area contributed by atoms with Gasteiger partial charge in [0.15, 0.2) is 0 Å². The van der Waals surface area contributed by atoms with Gasteiger partial charge in [0, 0.05) is 29.9 Å². The van der Waals surface area contributed by atoms with Crippen LogP contribution in [0.1, 0.15) is 17.0 Å². The van der Waals surface area contributed by atoms with Crippen LogP contribution >= 0.6 is 0 Å². The third-order valence-electron chi connectivity index (χ3n) is 4.09. The highest BCUT2D eigenvalue weighted by Crippen LogP contribution is 2.22. The Balaban J connectivity index is 1.83. The third kappa shape index (κ3) is 3.98. The summed E-state index contributed by atoms with van der Waals surface area (Å²) in [6.07, 6.45) is 5.03. The first-order valence-electron chi connectivity index (χ1n) is 8.15. The van der Waals surface area contributed by atoms with Gasteiger partial charge in [-0.05, 0) is 12.5 Å². The minimum atomic E-state index is -1.07. The molecule has 0 amide bonds. The van der Waals surface area contributed by atoms with Gasteiger partial charge in [-0.3, -0.25) is 14.8 Å². The fourth-order valence-corrected chi connectivity index (χ4v) is 2.58. The maximum absolute atomic E-state index is 10.9. The Kier molecular flexibility index (Phi) is 4.95. The molecule has 1 unspecified atom stereocenters. The van der Waals surface area contributed by atoms with E-state index in [1.54, 1.807) is 29.1 Å². The topological polar surface area (TPSA) is 157 Å². The summed E-state index contributed by atoms with van der Waals surface area (Å²) in [4.78, 5) is 23.9. The summed E-state index contributed by atoms with van der Waals surface area (Å²) in [5.74, 6) is -0.626. The molecule has 1 atom stereocenters. The number of rotatable bonds is 6. The standard InChI is InChI=1S/C18H19N7O2/c1-10-14(11-2-4-12(5-3-11)16(20)21)7-22-18(24-10)25-8-13(23-9-25)6-15(19)17(26)27/h2-5,7-9,15H,6,19H2,1H3,(H3,20,21)(H,26,27). The number of imidazole rings is 1. The zero-order valence-electron chi connectivity index (χ0n) is 14.6. The highest BCUT2D eigenvalue weighted by Gasteiger charge is 2.15. The van der Waals surface area contributed by atoms with Crippen LogP contribution in [-0.4, -0.2) is 42.5 Å². The number of carbonyl (C=O) groups is 1. The molecule has 0 saturated heterocycles. The molecule has 3 rings (SSSR count). The van der Waals surface area contributed by atoms with Crippen molar-refractivity contribution < 1.29 is 9.90 Å². The van der Waals surface area contributed by atoms with Gasteiger partial charge in [-0.25, -0.2) is 15.0 Å². The van der Waals surface area contributed by atoms with E-state index in [1.807, 2.05) is 19.1 Å². The van der Waals surface area contributed by atoms with E-state index in [4.69, 9.17) is 22.0 Å². The molecule has 2 heterocycles. The molecule has 0 fully saturated rings. The molecule has 9 nitrogen and oxygen atoms in total. The van der Waals surface area contributed by atoms with Crippen LogP contribution < -0.4 is 11.5 Å². The zero-order chi connectivity index (χ0) is 19.6. The van der Waals surface area contributed by atoms with E-state index in [2.05, 4.69) is 15.0 Å². The number of amidine groups is 1. The van der Waals surface area contributed by atoms with Crippen LogP contribution in [-0.2, 0) is 11.2 Å². The number of carboxylic acids is 1. The van der Waals surface area contributed by atoms with Crippen molar-refractivity contribution in [3.63, 3.8) is 0 Å². The zero-order valence-corrected chi connectivity index (χ0v) is 14.6. The van der Waals surface area contributed by atoms with Crippen molar-refractivity contribution in [2.45, 2.75) is 19.4 Å². The summed E-state index contributed by atoms with van der Waals surface area (Å²) in [5, 5.41) is 16.3. The van der Waals surface area contributed by atoms with Crippen molar-refractivity contribution in [3.8, 4) is 17.1 Å². The summed E-state index contributed by atoms with van der Waals surface area (Å²) in [6.45, 7) is 1.87. The van der Waals surface area contributed by atoms with Gasteiger partial charge >= 0.3 is 5.97 Å². The summed E-state index contributed by atoms with van der Waals surface area (Å²) in [6, 6.07) is 6.28. The molecule has 0 spiro atoms. The predicted octanol–water partition coefficient (Wildman–Crippen LogP) is 0.876. The molecule has 138 valence electrons. The highest BCUT2D eigenvalue weighted by atomic mass is 16.4. The lowest BCUT2D eigenvalue weighted by Gasteiger charge is -2.08. The van der Waals surface area contributed by atoms with Crippen LogP contribution in [0.5, 0.6) is 0 Å². The van der Waals surface area contributed by atoms with Gasteiger partial charge in [-0.15, -0.1) is 0 Å². The number of benzene rings is 1. The summed E-state index contributed by atoms with van der Waals surface area (Å²) >= 11 is 0. The maximum Gasteiger partial charge on any atom is 0.320 e. The number of aryl methyl sites for hydroxylation is 1. The van der Waals surface area contributed by atoms with Gasteiger partial charge in [0.2, 0.25) is 5.95 Å². The number of carboxylic acid groups (broad SMARTS) is 1. The largest absolute Gasteiger partial charge is 0.480 e. The first-order chi connectivity index (χ1) is 12.8. The summed E-state index contributed by atoms with van der Waals surface area (Å²) in [7, 11) is 0. The van der Waals surface area contributed by atoms with Gasteiger partial charge in [0.25, 0.3) is 0 Å². The molecule has 0 aliphatic heterocycles. The maximum atomic E-state index is 10.9. The second-order valence-electron chi connectivity index (χ2n) is 6.08. The molecule has 1 aromatic carbocycles. The first-order valence-corrected chi connectivity index (χ1v) is 8.15. The van der Waals surface area contributed by atoms with Gasteiger partial charge in [0.05, 0.1) is 11.4 Å². The van der Waals surface area contributed by atoms with Crippen LogP contribution in [0.15, 0.2) is 43.0 Å². The minimum Gasteiger partial charge on any atom is -0.480 e. The number of nitrogens with two attached hydrogens (primary N) is 2. The molecular formula is C18H19N7O2. The number of nitrogens with one attached hydrogen (secondary N) is 1. The third-order valence-corrected chi connectivity index (χ3v) is 4.09. The molecule has 3 aromatic rings. The Bertz CT molecular complexity index is 995. The van der Waals surface area contributed by atoms with E-state index in [-0.39, 0.29) is 12.3 Å². The number of aliphatic carboxylic acids is 1. The van der Waals surface area contributed by atoms with Gasteiger partial charge in [-0.2, -0.15) is 0 Å². The Morgan fingerprint density at radius 3 is 2.59 bits per heavy atom. The second-order valence-corrected chi connectivity index (χ2v) is 6.08. The van der Waals surface area contributed by atoms with Crippen LogP contribution in [0.4, 0.5) is 0 Å². The summed E-state index contributed by atoms with van der Waals surface area (Å²) in [5.41, 5.74) is 14.8. The second kappa shape index (κ2) is 7.34. The lowest BCUT2D eigenvalue weighted by atomic mass is 10.0. The predicted molar refractivity (Wildman–Crippen MR) is 99.7 cm³/mol. The Hall–Kier alpha value is -3.59. The molecule has 0 aliphatic carbocycles. The van der Waals surface area contributed by atoms with E-state index >= 15 is 0 Å². The van der Waals surface area contributed by atoms with Crippen molar-refractivity contribution in [2.75, 3.05) is 0 Å². The molecule has 0 radical (unpaired) electrons. The average Bonchev–Trinajstić information content (AvgIpc) is 3.10. The van der Waals surface area contributed by atoms with E-state index in [0.717, 1.165) is 16.8 Å². The van der Waals surface area contributed by atoms with Crippen LogP contribution in [0.25, 0.3) is 17.1 Å². The summed E-state index contributed by atoms with van der Waals surface area (Å²) < 4.78 is 1.62. The van der Waals surface area contributed by atoms with Crippen LogP contribution in [0, 0.1) is 12.3 Å². The van der Waals surface area contributed by atoms with Crippen molar-refractivity contribution in [2.24, 2.45) is 11.5 Å². The Labute approximate surface area is 155 Å². The average molecular weight is 365 g/mol. The van der Waals surface area contributed by atoms with E-state index in [0.29, 0.717) is 17.2 Å². The van der Waals surface area contributed by atoms with Crippen molar-refractivity contribution in [1.82, 2.24) is 19.5 Å². The Morgan fingerprint density at radius 2 is 2.00 bits per heavy atom. The van der Waals surface area contributed by atoms with Crippen LogP contribution in [0.3, 0.4) is 0 Å². The normalized spacial score (nSPS) is 11.9. The van der Waals surface area contributed by atoms with Crippen LogP contribution in [0.2, 0.25) is 0 Å². The molecule has 6 N–H and O–H groups in total. The fourth-order valence-electron chi connectivity index (χ4n) is 2.58. The monoisotopic (exact) mass is 365 g/mol. The number of nitrogens with zero attached hydrogens (tertiary/aromatic N) is 4. The molecule has 2 aromatic heterocycles. The minimum absolute atomic E-state index is 0.0170. The van der Waals surface area contributed by atoms with E-state index < -0.39 is 12.0 Å². The lowest BCUT2D eigenvalue weighted by Crippen LogP contribution is -2.32. The molecule has 0 bridgehead atoms. The van der Waals surface area contributed by atoms with Gasteiger partial charge in [0.1, 0.15) is 18.2 Å². The quantitative estimate of drug-likeness (QED) is 0.373. The van der Waals surface area contributed by atoms with Gasteiger partial charge < -0.3 is 16.6 Å². The number of hydrogen-bond donors (Lipinski definition) is 4. The van der Waals surface area contributed by atoms with E-state index in [1.165, 1.54) is 6.33 Å². The lowest BCUT2D eigenvalue weighted by molar-refractivity contribution is -0.138.